The van der Waals surface area contributed by atoms with E-state index < -0.39 is 23.8 Å². The molecule has 0 saturated heterocycles. The summed E-state index contributed by atoms with van der Waals surface area (Å²) in [6.45, 7) is 4.95. The van der Waals surface area contributed by atoms with Crippen LogP contribution in [0.1, 0.15) is 41.5 Å². The molecule has 1 amide bonds. The number of phenolic OH excluding ortho intramolecular Hbond substituents is 1. The lowest BCUT2D eigenvalue weighted by atomic mass is 9.95. The summed E-state index contributed by atoms with van der Waals surface area (Å²) in [5, 5.41) is 12.5. The van der Waals surface area contributed by atoms with E-state index in [0.29, 0.717) is 15.7 Å². The molecule has 0 bridgehead atoms. The fourth-order valence-electron chi connectivity index (χ4n) is 2.02. The first-order valence-corrected chi connectivity index (χ1v) is 8.97. The van der Waals surface area contributed by atoms with Crippen molar-refractivity contribution in [2.45, 2.75) is 20.8 Å². The summed E-state index contributed by atoms with van der Waals surface area (Å²) in [7, 11) is 0. The smallest absolute Gasteiger partial charge is 0.342 e. The summed E-state index contributed by atoms with van der Waals surface area (Å²) in [4.78, 5) is 36.2. The van der Waals surface area contributed by atoms with Crippen LogP contribution in [0.15, 0.2) is 46.9 Å². The summed E-state index contributed by atoms with van der Waals surface area (Å²) in [5.74, 6) is -1.55. The molecule has 0 aliphatic rings. The highest BCUT2D eigenvalue weighted by atomic mass is 79.9. The van der Waals surface area contributed by atoms with Crippen LogP contribution in [0.25, 0.3) is 0 Å². The third kappa shape index (κ3) is 5.65. The molecular formula is C20H20BrNO5. The third-order valence-electron chi connectivity index (χ3n) is 3.66. The molecule has 2 aromatic rings. The number of Topliss-reactive ketones (excluding diaryl/α,β-unsaturated/α-hetero) is 1. The molecule has 2 N–H and O–H groups in total. The summed E-state index contributed by atoms with van der Waals surface area (Å²) in [5.41, 5.74) is 0.357. The molecule has 0 unspecified atom stereocenters. The van der Waals surface area contributed by atoms with Gasteiger partial charge in [-0.15, -0.1) is 0 Å². The van der Waals surface area contributed by atoms with Crippen molar-refractivity contribution in [1.29, 1.82) is 0 Å². The van der Waals surface area contributed by atoms with E-state index in [0.717, 1.165) is 0 Å². The van der Waals surface area contributed by atoms with Crippen LogP contribution >= 0.6 is 15.9 Å². The summed E-state index contributed by atoms with van der Waals surface area (Å²) in [6.07, 6.45) is 0. The standard InChI is InChI=1S/C20H20BrNO5/c1-20(2,3)19(26)22-14-7-4-12(5-8-14)17(24)11-27-18(25)15-10-13(21)6-9-16(15)23/h4-10,23H,11H2,1-3H3,(H,22,26). The van der Waals surface area contributed by atoms with E-state index in [1.165, 1.54) is 12.1 Å². The van der Waals surface area contributed by atoms with E-state index in [2.05, 4.69) is 21.2 Å². The predicted octanol–water partition coefficient (Wildman–Crippen LogP) is 4.18. The number of hydrogen-bond donors (Lipinski definition) is 2. The van der Waals surface area contributed by atoms with Gasteiger partial charge >= 0.3 is 5.97 Å². The minimum absolute atomic E-state index is 0.0302. The zero-order chi connectivity index (χ0) is 20.2. The summed E-state index contributed by atoms with van der Waals surface area (Å²) in [6, 6.07) is 10.7. The Morgan fingerprint density at radius 1 is 1.07 bits per heavy atom. The zero-order valence-electron chi connectivity index (χ0n) is 15.2. The number of nitrogens with one attached hydrogen (secondary N) is 1. The van der Waals surface area contributed by atoms with Crippen LogP contribution in [-0.2, 0) is 9.53 Å². The average molecular weight is 434 g/mol. The van der Waals surface area contributed by atoms with Crippen molar-refractivity contribution in [3.63, 3.8) is 0 Å². The highest BCUT2D eigenvalue weighted by molar-refractivity contribution is 9.10. The van der Waals surface area contributed by atoms with Crippen molar-refractivity contribution < 1.29 is 24.2 Å². The van der Waals surface area contributed by atoms with Gasteiger partial charge in [0.15, 0.2) is 12.4 Å². The van der Waals surface area contributed by atoms with Gasteiger partial charge in [0.05, 0.1) is 0 Å². The van der Waals surface area contributed by atoms with Crippen molar-refractivity contribution in [2.24, 2.45) is 5.41 Å². The molecule has 27 heavy (non-hydrogen) atoms. The van der Waals surface area contributed by atoms with Crippen molar-refractivity contribution in [3.8, 4) is 5.75 Å². The number of ketones is 1. The molecule has 0 heterocycles. The fourth-order valence-corrected chi connectivity index (χ4v) is 2.38. The lowest BCUT2D eigenvalue weighted by molar-refractivity contribution is -0.123. The van der Waals surface area contributed by atoms with E-state index in [9.17, 15) is 19.5 Å². The molecule has 0 aliphatic heterocycles. The summed E-state index contributed by atoms with van der Waals surface area (Å²) < 4.78 is 5.58. The average Bonchev–Trinajstić information content (AvgIpc) is 2.61. The maximum atomic E-state index is 12.2. The largest absolute Gasteiger partial charge is 0.507 e. The zero-order valence-corrected chi connectivity index (χ0v) is 16.8. The number of rotatable bonds is 5. The number of hydrogen-bond acceptors (Lipinski definition) is 5. The van der Waals surface area contributed by atoms with Crippen LogP contribution in [0.2, 0.25) is 0 Å². The number of amides is 1. The second-order valence-corrected chi connectivity index (χ2v) is 7.86. The quantitative estimate of drug-likeness (QED) is 0.544. The minimum Gasteiger partial charge on any atom is -0.507 e. The number of halogens is 1. The van der Waals surface area contributed by atoms with Gasteiger partial charge in [-0.25, -0.2) is 4.79 Å². The Bertz CT molecular complexity index is 869. The first-order chi connectivity index (χ1) is 12.6. The second-order valence-electron chi connectivity index (χ2n) is 6.94. The molecule has 0 spiro atoms. The molecule has 2 rings (SSSR count). The molecular weight excluding hydrogens is 414 g/mol. The first kappa shape index (κ1) is 20.6. The molecule has 2 aromatic carbocycles. The molecule has 6 nitrogen and oxygen atoms in total. The SMILES string of the molecule is CC(C)(C)C(=O)Nc1ccc(C(=O)COC(=O)c2cc(Br)ccc2O)cc1. The minimum atomic E-state index is -0.795. The Labute approximate surface area is 165 Å². The topological polar surface area (TPSA) is 92.7 Å². The van der Waals surface area contributed by atoms with E-state index in [1.54, 1.807) is 51.1 Å². The predicted molar refractivity (Wildman–Crippen MR) is 105 cm³/mol. The molecule has 0 aromatic heterocycles. The lowest BCUT2D eigenvalue weighted by Gasteiger charge is -2.17. The fraction of sp³-hybridized carbons (Fsp3) is 0.250. The van der Waals surface area contributed by atoms with Gasteiger partial charge in [-0.05, 0) is 42.5 Å². The Balaban J connectivity index is 1.97. The Morgan fingerprint density at radius 3 is 2.30 bits per heavy atom. The van der Waals surface area contributed by atoms with Crippen LogP contribution in [0, 0.1) is 5.41 Å². The molecule has 0 fully saturated rings. The van der Waals surface area contributed by atoms with Crippen molar-refractivity contribution in [2.75, 3.05) is 11.9 Å². The van der Waals surface area contributed by atoms with Crippen molar-refractivity contribution >= 4 is 39.3 Å². The van der Waals surface area contributed by atoms with E-state index in [4.69, 9.17) is 4.74 Å². The third-order valence-corrected chi connectivity index (χ3v) is 4.15. The van der Waals surface area contributed by atoms with E-state index in [-0.39, 0.29) is 17.2 Å². The Hall–Kier alpha value is -2.67. The van der Waals surface area contributed by atoms with Crippen molar-refractivity contribution in [3.05, 3.63) is 58.1 Å². The number of carbonyl (C=O) groups excluding carboxylic acids is 3. The van der Waals surface area contributed by atoms with Crippen LogP contribution < -0.4 is 5.32 Å². The number of anilines is 1. The maximum Gasteiger partial charge on any atom is 0.342 e. The number of benzene rings is 2. The van der Waals surface area contributed by atoms with Crippen LogP contribution in [0.5, 0.6) is 5.75 Å². The summed E-state index contributed by atoms with van der Waals surface area (Å²) >= 11 is 3.20. The van der Waals surface area contributed by atoms with Gasteiger partial charge in [0.25, 0.3) is 0 Å². The van der Waals surface area contributed by atoms with Crippen LogP contribution in [0.4, 0.5) is 5.69 Å². The normalized spacial score (nSPS) is 11.0. The van der Waals surface area contributed by atoms with Gasteiger partial charge < -0.3 is 15.2 Å². The number of carbonyl (C=O) groups is 3. The number of esters is 1. The Kier molecular flexibility index (Phi) is 6.38. The molecule has 0 saturated carbocycles. The molecule has 0 aliphatic carbocycles. The molecule has 142 valence electrons. The van der Waals surface area contributed by atoms with Crippen LogP contribution in [0.3, 0.4) is 0 Å². The van der Waals surface area contributed by atoms with E-state index >= 15 is 0 Å². The molecule has 0 atom stereocenters. The molecule has 0 radical (unpaired) electrons. The lowest BCUT2D eigenvalue weighted by Crippen LogP contribution is -2.27. The monoisotopic (exact) mass is 433 g/mol. The van der Waals surface area contributed by atoms with Gasteiger partial charge in [0.2, 0.25) is 5.91 Å². The van der Waals surface area contributed by atoms with Gasteiger partial charge in [-0.2, -0.15) is 0 Å². The Morgan fingerprint density at radius 2 is 1.70 bits per heavy atom. The van der Waals surface area contributed by atoms with E-state index in [1.807, 2.05) is 0 Å². The van der Waals surface area contributed by atoms with Gasteiger partial charge in [0, 0.05) is 21.1 Å². The second kappa shape index (κ2) is 8.35. The maximum absolute atomic E-state index is 12.2. The van der Waals surface area contributed by atoms with Gasteiger partial charge in [0.1, 0.15) is 11.3 Å². The number of phenols is 1. The number of ether oxygens (including phenoxy) is 1. The first-order valence-electron chi connectivity index (χ1n) is 8.18. The molecule has 7 heteroatoms. The van der Waals surface area contributed by atoms with Gasteiger partial charge in [-0.3, -0.25) is 9.59 Å². The highest BCUT2D eigenvalue weighted by Crippen LogP contribution is 2.23. The van der Waals surface area contributed by atoms with Crippen molar-refractivity contribution in [1.82, 2.24) is 0 Å². The number of aromatic hydroxyl groups is 1. The highest BCUT2D eigenvalue weighted by Gasteiger charge is 2.21. The van der Waals surface area contributed by atoms with Gasteiger partial charge in [-0.1, -0.05) is 36.7 Å². The van der Waals surface area contributed by atoms with Crippen LogP contribution in [-0.4, -0.2) is 29.4 Å².